The van der Waals surface area contributed by atoms with Gasteiger partial charge in [-0.05, 0) is 63.4 Å². The highest BCUT2D eigenvalue weighted by Crippen LogP contribution is 2.33. The average molecular weight is 314 g/mol. The Morgan fingerprint density at radius 2 is 1.91 bits per heavy atom. The summed E-state index contributed by atoms with van der Waals surface area (Å²) in [6, 6.07) is 6.76. The molecule has 1 unspecified atom stereocenters. The van der Waals surface area contributed by atoms with Crippen molar-refractivity contribution in [1.82, 2.24) is 9.47 Å². The maximum Gasteiger partial charge on any atom is 0.0845 e. The number of likely N-dealkylation sites (N-methyl/N-ethyl adjacent to an activating group) is 1. The van der Waals surface area contributed by atoms with Crippen LogP contribution in [0.3, 0.4) is 0 Å². The molecule has 1 aliphatic carbocycles. The van der Waals surface area contributed by atoms with E-state index in [1.807, 2.05) is 0 Å². The molecule has 23 heavy (non-hydrogen) atoms. The van der Waals surface area contributed by atoms with E-state index in [1.54, 1.807) is 0 Å². The molecule has 3 heteroatoms. The van der Waals surface area contributed by atoms with Gasteiger partial charge < -0.3 is 14.6 Å². The van der Waals surface area contributed by atoms with Gasteiger partial charge in [0.15, 0.2) is 0 Å². The van der Waals surface area contributed by atoms with Crippen molar-refractivity contribution < 1.29 is 5.11 Å². The fraction of sp³-hybridized carbons (Fsp3) is 0.600. The zero-order valence-electron chi connectivity index (χ0n) is 14.8. The summed E-state index contributed by atoms with van der Waals surface area (Å²) in [5.41, 5.74) is 5.63. The van der Waals surface area contributed by atoms with Crippen LogP contribution < -0.4 is 0 Å². The summed E-state index contributed by atoms with van der Waals surface area (Å²) in [6.07, 6.45) is 4.60. The third-order valence-corrected chi connectivity index (χ3v) is 5.29. The second-order valence-electron chi connectivity index (χ2n) is 6.90. The van der Waals surface area contributed by atoms with E-state index < -0.39 is 0 Å². The highest BCUT2D eigenvalue weighted by molar-refractivity contribution is 5.86. The fourth-order valence-corrected chi connectivity index (χ4v) is 4.01. The van der Waals surface area contributed by atoms with Gasteiger partial charge in [-0.3, -0.25) is 0 Å². The van der Waals surface area contributed by atoms with Crippen molar-refractivity contribution in [2.24, 2.45) is 0 Å². The molecule has 0 fully saturated rings. The minimum atomic E-state index is -0.308. The number of aliphatic hydroxyl groups excluding tert-OH is 1. The Morgan fingerprint density at radius 1 is 1.17 bits per heavy atom. The molecule has 0 amide bonds. The van der Waals surface area contributed by atoms with Gasteiger partial charge in [-0.2, -0.15) is 0 Å². The Hall–Kier alpha value is -1.32. The number of hydrogen-bond acceptors (Lipinski definition) is 2. The van der Waals surface area contributed by atoms with Gasteiger partial charge in [-0.1, -0.05) is 25.5 Å². The van der Waals surface area contributed by atoms with Gasteiger partial charge >= 0.3 is 0 Å². The zero-order chi connectivity index (χ0) is 16.4. The monoisotopic (exact) mass is 314 g/mol. The molecule has 0 saturated carbocycles. The van der Waals surface area contributed by atoms with Crippen molar-refractivity contribution in [1.29, 1.82) is 0 Å². The molecule has 2 aromatic rings. The molecule has 1 aliphatic rings. The smallest absolute Gasteiger partial charge is 0.0845 e. The molecule has 3 rings (SSSR count). The topological polar surface area (TPSA) is 28.4 Å². The van der Waals surface area contributed by atoms with E-state index in [4.69, 9.17) is 0 Å². The van der Waals surface area contributed by atoms with E-state index in [-0.39, 0.29) is 6.10 Å². The summed E-state index contributed by atoms with van der Waals surface area (Å²) < 4.78 is 2.40. The van der Waals surface area contributed by atoms with Crippen LogP contribution in [0.15, 0.2) is 18.2 Å². The molecule has 1 heterocycles. The van der Waals surface area contributed by atoms with Gasteiger partial charge in [0, 0.05) is 23.1 Å². The minimum Gasteiger partial charge on any atom is -0.390 e. The first-order valence-corrected chi connectivity index (χ1v) is 9.15. The minimum absolute atomic E-state index is 0.308. The molecule has 0 radical (unpaired) electrons. The predicted octanol–water partition coefficient (Wildman–Crippen LogP) is 3.53. The molecular formula is C20H30N2O. The average Bonchev–Trinajstić information content (AvgIpc) is 2.86. The zero-order valence-corrected chi connectivity index (χ0v) is 14.8. The quantitative estimate of drug-likeness (QED) is 0.883. The number of rotatable bonds is 6. The van der Waals surface area contributed by atoms with Gasteiger partial charge in [0.05, 0.1) is 12.6 Å². The number of fused-ring (bicyclic) bond motifs is 3. The van der Waals surface area contributed by atoms with E-state index in [0.29, 0.717) is 6.54 Å². The molecule has 1 aromatic carbocycles. The largest absolute Gasteiger partial charge is 0.390 e. The first-order valence-electron chi connectivity index (χ1n) is 9.15. The summed E-state index contributed by atoms with van der Waals surface area (Å²) in [4.78, 5) is 2.30. The normalized spacial score (nSPS) is 16.0. The van der Waals surface area contributed by atoms with Gasteiger partial charge in [0.2, 0.25) is 0 Å². The van der Waals surface area contributed by atoms with E-state index in [2.05, 4.69) is 48.4 Å². The van der Waals surface area contributed by atoms with Crippen LogP contribution in [0.1, 0.15) is 43.5 Å². The Morgan fingerprint density at radius 3 is 2.65 bits per heavy atom. The van der Waals surface area contributed by atoms with Crippen molar-refractivity contribution in [2.75, 3.05) is 19.6 Å². The number of hydrogen-bond donors (Lipinski definition) is 1. The number of aliphatic hydroxyl groups is 1. The molecule has 126 valence electrons. The Bertz CT molecular complexity index is 670. The third-order valence-electron chi connectivity index (χ3n) is 5.29. The molecule has 1 aromatic heterocycles. The second-order valence-corrected chi connectivity index (χ2v) is 6.90. The molecule has 3 nitrogen and oxygen atoms in total. The lowest BCUT2D eigenvalue weighted by atomic mass is 9.95. The summed E-state index contributed by atoms with van der Waals surface area (Å²) >= 11 is 0. The fourth-order valence-electron chi connectivity index (χ4n) is 4.01. The standard InChI is InChI=1S/C20H30N2O/c1-4-21(5-2)13-16(23)14-22-19-9-7-6-8-17(19)18-12-15(3)10-11-20(18)22/h10-12,16,23H,4-9,13-14H2,1-3H3. The van der Waals surface area contributed by atoms with Crippen LogP contribution in [0.2, 0.25) is 0 Å². The second kappa shape index (κ2) is 7.06. The van der Waals surface area contributed by atoms with Crippen LogP contribution in [-0.4, -0.2) is 40.3 Å². The van der Waals surface area contributed by atoms with Crippen LogP contribution >= 0.6 is 0 Å². The van der Waals surface area contributed by atoms with Crippen LogP contribution in [0, 0.1) is 6.92 Å². The van der Waals surface area contributed by atoms with Gasteiger partial charge in [-0.25, -0.2) is 0 Å². The van der Waals surface area contributed by atoms with Crippen molar-refractivity contribution in [3.8, 4) is 0 Å². The molecular weight excluding hydrogens is 284 g/mol. The van der Waals surface area contributed by atoms with Crippen LogP contribution in [0.5, 0.6) is 0 Å². The first kappa shape index (κ1) is 16.5. The van der Waals surface area contributed by atoms with E-state index >= 15 is 0 Å². The summed E-state index contributed by atoms with van der Waals surface area (Å²) in [5, 5.41) is 12.0. The highest BCUT2D eigenvalue weighted by atomic mass is 16.3. The molecule has 1 N–H and O–H groups in total. The van der Waals surface area contributed by atoms with E-state index in [0.717, 1.165) is 26.1 Å². The third kappa shape index (κ3) is 3.31. The lowest BCUT2D eigenvalue weighted by molar-refractivity contribution is 0.103. The number of nitrogens with zero attached hydrogens (tertiary/aromatic N) is 2. The van der Waals surface area contributed by atoms with Crippen molar-refractivity contribution in [3.63, 3.8) is 0 Å². The van der Waals surface area contributed by atoms with Crippen LogP contribution in [0.25, 0.3) is 10.9 Å². The van der Waals surface area contributed by atoms with Crippen molar-refractivity contribution >= 4 is 10.9 Å². The number of benzene rings is 1. The van der Waals surface area contributed by atoms with E-state index in [1.165, 1.54) is 47.0 Å². The molecule has 0 aliphatic heterocycles. The predicted molar refractivity (Wildman–Crippen MR) is 97.1 cm³/mol. The first-order chi connectivity index (χ1) is 11.1. The van der Waals surface area contributed by atoms with Crippen molar-refractivity contribution in [3.05, 3.63) is 35.0 Å². The van der Waals surface area contributed by atoms with Crippen LogP contribution in [-0.2, 0) is 19.4 Å². The van der Waals surface area contributed by atoms with Crippen LogP contribution in [0.4, 0.5) is 0 Å². The molecule has 0 bridgehead atoms. The van der Waals surface area contributed by atoms with Gasteiger partial charge in [-0.15, -0.1) is 0 Å². The number of aryl methyl sites for hydroxylation is 2. The van der Waals surface area contributed by atoms with Gasteiger partial charge in [0.25, 0.3) is 0 Å². The molecule has 0 spiro atoms. The van der Waals surface area contributed by atoms with E-state index in [9.17, 15) is 5.11 Å². The summed E-state index contributed by atoms with van der Waals surface area (Å²) in [5.74, 6) is 0. The highest BCUT2D eigenvalue weighted by Gasteiger charge is 2.21. The number of aromatic nitrogens is 1. The SMILES string of the molecule is CCN(CC)CC(O)Cn1c2c(c3cc(C)ccc31)CCCC2. The summed E-state index contributed by atoms with van der Waals surface area (Å²) in [7, 11) is 0. The lowest BCUT2D eigenvalue weighted by Gasteiger charge is -2.24. The Kier molecular flexibility index (Phi) is 5.08. The summed E-state index contributed by atoms with van der Waals surface area (Å²) in [6.45, 7) is 9.95. The van der Waals surface area contributed by atoms with Crippen molar-refractivity contribution in [2.45, 2.75) is 59.1 Å². The van der Waals surface area contributed by atoms with Gasteiger partial charge in [0.1, 0.15) is 0 Å². The Labute approximate surface area is 139 Å². The molecule has 1 atom stereocenters. The maximum atomic E-state index is 10.6. The lowest BCUT2D eigenvalue weighted by Crippen LogP contribution is -2.34. The maximum absolute atomic E-state index is 10.6. The molecule has 0 saturated heterocycles. The Balaban J connectivity index is 1.93.